The Bertz CT molecular complexity index is 807. The maximum atomic E-state index is 12.5. The lowest BCUT2D eigenvalue weighted by molar-refractivity contribution is 0.0732. The van der Waals surface area contributed by atoms with E-state index >= 15 is 0 Å². The molecule has 2 N–H and O–H groups in total. The predicted octanol–water partition coefficient (Wildman–Crippen LogP) is 1.41. The van der Waals surface area contributed by atoms with Gasteiger partial charge in [0.25, 0.3) is 5.91 Å². The monoisotopic (exact) mass is 363 g/mol. The molecule has 132 valence electrons. The summed E-state index contributed by atoms with van der Waals surface area (Å²) >= 11 is 6.02. The molecule has 8 heteroatoms. The summed E-state index contributed by atoms with van der Waals surface area (Å²) in [4.78, 5) is 12.5. The van der Waals surface area contributed by atoms with E-state index in [0.717, 1.165) is 11.3 Å². The van der Waals surface area contributed by atoms with Crippen LogP contribution in [-0.2, 0) is 13.0 Å². The first kappa shape index (κ1) is 16.2. The van der Waals surface area contributed by atoms with E-state index < -0.39 is 0 Å². The summed E-state index contributed by atoms with van der Waals surface area (Å²) in [6.45, 7) is 0.970. The molecule has 7 nitrogen and oxygen atoms in total. The zero-order valence-electron chi connectivity index (χ0n) is 13.4. The minimum Gasteiger partial charge on any atom is -0.491 e. The highest BCUT2D eigenvalue weighted by molar-refractivity contribution is 6.30. The fraction of sp³-hybridized carbons (Fsp3) is 0.412. The van der Waals surface area contributed by atoms with Gasteiger partial charge in [0.1, 0.15) is 18.5 Å². The molecule has 0 aliphatic carbocycles. The van der Waals surface area contributed by atoms with Gasteiger partial charge < -0.3 is 19.9 Å². The first-order valence-electron chi connectivity index (χ1n) is 8.20. The Morgan fingerprint density at radius 2 is 2.32 bits per heavy atom. The molecule has 2 aromatic rings. The Labute approximate surface area is 149 Å². The highest BCUT2D eigenvalue weighted by Gasteiger charge is 2.26. The maximum Gasteiger partial charge on any atom is 0.272 e. The molecule has 2 aliphatic heterocycles. The number of fused-ring (bicyclic) bond motifs is 2. The SMILES string of the molecule is O=C(N[C@H]1COc2ccc(Cl)cc2C1)c1cc2n(n1)CCC(CO)O2. The number of aryl methyl sites for hydroxylation is 1. The Hall–Kier alpha value is -2.25. The Morgan fingerprint density at radius 1 is 1.44 bits per heavy atom. The fourth-order valence-electron chi connectivity index (χ4n) is 3.11. The van der Waals surface area contributed by atoms with Crippen LogP contribution >= 0.6 is 11.6 Å². The van der Waals surface area contributed by atoms with Gasteiger partial charge in [-0.05, 0) is 30.2 Å². The van der Waals surface area contributed by atoms with Crippen molar-refractivity contribution >= 4 is 17.5 Å². The van der Waals surface area contributed by atoms with Crippen molar-refractivity contribution in [2.75, 3.05) is 13.2 Å². The van der Waals surface area contributed by atoms with Crippen molar-refractivity contribution in [3.05, 3.63) is 40.5 Å². The van der Waals surface area contributed by atoms with E-state index in [9.17, 15) is 9.90 Å². The second-order valence-electron chi connectivity index (χ2n) is 6.24. The molecule has 1 aromatic heterocycles. The molecule has 1 aromatic carbocycles. The van der Waals surface area contributed by atoms with Crippen LogP contribution in [0.25, 0.3) is 0 Å². The van der Waals surface area contributed by atoms with Crippen molar-refractivity contribution in [1.82, 2.24) is 15.1 Å². The zero-order chi connectivity index (χ0) is 17.4. The first-order valence-corrected chi connectivity index (χ1v) is 8.57. The lowest BCUT2D eigenvalue weighted by atomic mass is 10.0. The van der Waals surface area contributed by atoms with Crippen molar-refractivity contribution < 1.29 is 19.4 Å². The number of benzene rings is 1. The molecule has 4 rings (SSSR count). The molecule has 3 heterocycles. The molecule has 0 bridgehead atoms. The lowest BCUT2D eigenvalue weighted by Gasteiger charge is -2.25. The summed E-state index contributed by atoms with van der Waals surface area (Å²) in [5, 5.41) is 17.1. The van der Waals surface area contributed by atoms with E-state index in [0.29, 0.717) is 42.6 Å². The summed E-state index contributed by atoms with van der Waals surface area (Å²) in [6, 6.07) is 6.94. The second-order valence-corrected chi connectivity index (χ2v) is 6.68. The average Bonchev–Trinajstić information content (AvgIpc) is 3.04. The Balaban J connectivity index is 1.44. The number of aromatic nitrogens is 2. The van der Waals surface area contributed by atoms with Gasteiger partial charge in [-0.15, -0.1) is 0 Å². The molecular weight excluding hydrogens is 346 g/mol. The number of aliphatic hydroxyl groups is 1. The second kappa shape index (κ2) is 6.57. The number of aliphatic hydroxyl groups excluding tert-OH is 1. The number of nitrogens with zero attached hydrogens (tertiary/aromatic N) is 2. The summed E-state index contributed by atoms with van der Waals surface area (Å²) in [7, 11) is 0. The molecular formula is C17H18ClN3O4. The molecule has 0 fully saturated rings. The first-order chi connectivity index (χ1) is 12.1. The van der Waals surface area contributed by atoms with E-state index in [1.807, 2.05) is 12.1 Å². The molecule has 25 heavy (non-hydrogen) atoms. The van der Waals surface area contributed by atoms with Crippen LogP contribution in [0, 0.1) is 0 Å². The summed E-state index contributed by atoms with van der Waals surface area (Å²) in [5.74, 6) is 1.04. The standard InChI is InChI=1S/C17H18ClN3O4/c18-11-1-2-15-10(5-11)6-12(9-24-15)19-17(23)14-7-16-21(20-14)4-3-13(8-22)25-16/h1-2,5,7,12-13,22H,3-4,6,8-9H2,(H,19,23)/t12-,13?/m1/s1. The van der Waals surface area contributed by atoms with Crippen molar-refractivity contribution in [3.63, 3.8) is 0 Å². The maximum absolute atomic E-state index is 12.5. The normalized spacial score (nSPS) is 21.5. The molecule has 0 radical (unpaired) electrons. The largest absolute Gasteiger partial charge is 0.491 e. The number of hydrogen-bond donors (Lipinski definition) is 2. The molecule has 1 amide bonds. The van der Waals surface area contributed by atoms with E-state index in [-0.39, 0.29) is 24.7 Å². The third kappa shape index (κ3) is 3.29. The van der Waals surface area contributed by atoms with Crippen LogP contribution in [0.1, 0.15) is 22.5 Å². The molecule has 2 aliphatic rings. The minimum absolute atomic E-state index is 0.0475. The van der Waals surface area contributed by atoms with Crippen LogP contribution in [0.5, 0.6) is 11.6 Å². The summed E-state index contributed by atoms with van der Waals surface area (Å²) < 4.78 is 12.9. The van der Waals surface area contributed by atoms with Crippen molar-refractivity contribution in [2.24, 2.45) is 0 Å². The Morgan fingerprint density at radius 3 is 3.16 bits per heavy atom. The van der Waals surface area contributed by atoms with Crippen molar-refractivity contribution in [3.8, 4) is 11.6 Å². The number of ether oxygens (including phenoxy) is 2. The van der Waals surface area contributed by atoms with Gasteiger partial charge in [0.2, 0.25) is 5.88 Å². The quantitative estimate of drug-likeness (QED) is 0.861. The van der Waals surface area contributed by atoms with E-state index in [1.165, 1.54) is 0 Å². The topological polar surface area (TPSA) is 85.6 Å². The van der Waals surface area contributed by atoms with E-state index in [4.69, 9.17) is 21.1 Å². The zero-order valence-corrected chi connectivity index (χ0v) is 14.2. The average molecular weight is 364 g/mol. The third-order valence-corrected chi connectivity index (χ3v) is 4.63. The summed E-state index contributed by atoms with van der Waals surface area (Å²) in [6.07, 6.45) is 1.08. The smallest absolute Gasteiger partial charge is 0.272 e. The fourth-order valence-corrected chi connectivity index (χ4v) is 3.30. The Kier molecular flexibility index (Phi) is 4.27. The van der Waals surface area contributed by atoms with Gasteiger partial charge in [-0.3, -0.25) is 4.79 Å². The van der Waals surface area contributed by atoms with Crippen molar-refractivity contribution in [1.29, 1.82) is 0 Å². The van der Waals surface area contributed by atoms with Crippen LogP contribution in [0.15, 0.2) is 24.3 Å². The molecule has 0 saturated carbocycles. The molecule has 2 atom stereocenters. The minimum atomic E-state index is -0.273. The number of carbonyl (C=O) groups is 1. The van der Waals surface area contributed by atoms with Gasteiger partial charge >= 0.3 is 0 Å². The van der Waals surface area contributed by atoms with Crippen LogP contribution in [0.3, 0.4) is 0 Å². The number of nitrogens with one attached hydrogen (secondary N) is 1. The van der Waals surface area contributed by atoms with Gasteiger partial charge in [-0.2, -0.15) is 5.10 Å². The summed E-state index contributed by atoms with van der Waals surface area (Å²) in [5.41, 5.74) is 1.27. The third-order valence-electron chi connectivity index (χ3n) is 4.39. The van der Waals surface area contributed by atoms with Gasteiger partial charge in [-0.25, -0.2) is 4.68 Å². The number of hydrogen-bond acceptors (Lipinski definition) is 5. The van der Waals surface area contributed by atoms with Gasteiger partial charge in [0.15, 0.2) is 5.69 Å². The van der Waals surface area contributed by atoms with Gasteiger partial charge in [-0.1, -0.05) is 11.6 Å². The number of halogens is 1. The van der Waals surface area contributed by atoms with E-state index in [2.05, 4.69) is 10.4 Å². The van der Waals surface area contributed by atoms with Crippen LogP contribution in [0.2, 0.25) is 5.02 Å². The highest BCUT2D eigenvalue weighted by atomic mass is 35.5. The van der Waals surface area contributed by atoms with Crippen LogP contribution in [0.4, 0.5) is 0 Å². The van der Waals surface area contributed by atoms with Gasteiger partial charge in [0, 0.05) is 24.1 Å². The molecule has 0 spiro atoms. The van der Waals surface area contributed by atoms with Crippen LogP contribution < -0.4 is 14.8 Å². The lowest BCUT2D eigenvalue weighted by Crippen LogP contribution is -2.42. The number of amides is 1. The van der Waals surface area contributed by atoms with Gasteiger partial charge in [0.05, 0.1) is 12.6 Å². The highest BCUT2D eigenvalue weighted by Crippen LogP contribution is 2.28. The number of carbonyl (C=O) groups excluding carboxylic acids is 1. The van der Waals surface area contributed by atoms with Crippen LogP contribution in [-0.4, -0.2) is 46.2 Å². The molecule has 0 saturated heterocycles. The molecule has 1 unspecified atom stereocenters. The van der Waals surface area contributed by atoms with E-state index in [1.54, 1.807) is 16.8 Å². The van der Waals surface area contributed by atoms with Crippen molar-refractivity contribution in [2.45, 2.75) is 31.5 Å². The predicted molar refractivity (Wildman–Crippen MR) is 90.3 cm³/mol. The number of rotatable bonds is 3.